The quantitative estimate of drug-likeness (QED) is 0.577. The third-order valence-corrected chi connectivity index (χ3v) is 4.96. The van der Waals surface area contributed by atoms with Crippen LogP contribution in [0.4, 0.5) is 5.69 Å². The van der Waals surface area contributed by atoms with Gasteiger partial charge in [-0.2, -0.15) is 0 Å². The van der Waals surface area contributed by atoms with Gasteiger partial charge >= 0.3 is 0 Å². The van der Waals surface area contributed by atoms with Crippen molar-refractivity contribution < 1.29 is 23.8 Å². The van der Waals surface area contributed by atoms with E-state index in [4.69, 9.17) is 14.2 Å². The minimum Gasteiger partial charge on any atom is -0.497 e. The first-order valence-electron chi connectivity index (χ1n) is 9.96. The van der Waals surface area contributed by atoms with E-state index in [1.54, 1.807) is 50.6 Å². The van der Waals surface area contributed by atoms with Crippen molar-refractivity contribution in [3.05, 3.63) is 89.2 Å². The Bertz CT molecular complexity index is 1190. The molecule has 3 aromatic rings. The number of fused-ring (bicyclic) bond motifs is 1. The van der Waals surface area contributed by atoms with E-state index in [0.717, 1.165) is 11.1 Å². The number of nitrogens with one attached hydrogen (secondary N) is 2. The molecular weight excluding hydrogens is 408 g/mol. The monoisotopic (exact) mass is 430 g/mol. The highest BCUT2D eigenvalue weighted by Crippen LogP contribution is 2.32. The van der Waals surface area contributed by atoms with Crippen LogP contribution < -0.4 is 24.8 Å². The fourth-order valence-corrected chi connectivity index (χ4v) is 3.28. The molecule has 4 rings (SSSR count). The number of amides is 2. The molecule has 0 aliphatic carbocycles. The molecule has 0 atom stereocenters. The summed E-state index contributed by atoms with van der Waals surface area (Å²) in [5, 5.41) is 5.65. The molecule has 2 amide bonds. The first-order chi connectivity index (χ1) is 15.6. The summed E-state index contributed by atoms with van der Waals surface area (Å²) in [6.45, 7) is 0.274. The summed E-state index contributed by atoms with van der Waals surface area (Å²) in [5.41, 5.74) is 2.50. The van der Waals surface area contributed by atoms with Gasteiger partial charge in [0.15, 0.2) is 11.5 Å². The van der Waals surface area contributed by atoms with Crippen molar-refractivity contribution in [3.8, 4) is 17.2 Å². The highest BCUT2D eigenvalue weighted by Gasteiger charge is 2.23. The zero-order valence-electron chi connectivity index (χ0n) is 17.7. The molecule has 0 aromatic heterocycles. The topological polar surface area (TPSA) is 85.9 Å². The molecule has 0 radical (unpaired) electrons. The van der Waals surface area contributed by atoms with Gasteiger partial charge in [-0.25, -0.2) is 0 Å². The smallest absolute Gasteiger partial charge is 0.291 e. The van der Waals surface area contributed by atoms with Gasteiger partial charge < -0.3 is 24.8 Å². The van der Waals surface area contributed by atoms with Crippen molar-refractivity contribution in [2.24, 2.45) is 0 Å². The van der Waals surface area contributed by atoms with Crippen LogP contribution in [-0.4, -0.2) is 26.0 Å². The van der Waals surface area contributed by atoms with E-state index in [-0.39, 0.29) is 24.1 Å². The minimum absolute atomic E-state index is 0.188. The maximum absolute atomic E-state index is 12.7. The number of methoxy groups -OCH3 is 2. The molecule has 0 unspecified atom stereocenters. The third kappa shape index (κ3) is 4.57. The Hall–Kier alpha value is -4.26. The van der Waals surface area contributed by atoms with Crippen LogP contribution in [0.5, 0.6) is 17.2 Å². The van der Waals surface area contributed by atoms with E-state index in [1.807, 2.05) is 36.4 Å². The number of rotatable bonds is 6. The number of benzene rings is 3. The second kappa shape index (κ2) is 9.26. The van der Waals surface area contributed by atoms with Crippen molar-refractivity contribution in [1.82, 2.24) is 5.32 Å². The number of hydrogen-bond acceptors (Lipinski definition) is 5. The Labute approximate surface area is 185 Å². The first-order valence-corrected chi connectivity index (χ1v) is 9.96. The summed E-state index contributed by atoms with van der Waals surface area (Å²) in [4.78, 5) is 25.1. The molecule has 162 valence electrons. The molecular formula is C25H22N2O5. The predicted molar refractivity (Wildman–Crippen MR) is 121 cm³/mol. The molecule has 32 heavy (non-hydrogen) atoms. The molecule has 1 aliphatic heterocycles. The van der Waals surface area contributed by atoms with E-state index < -0.39 is 0 Å². The molecule has 1 aliphatic rings. The van der Waals surface area contributed by atoms with Crippen molar-refractivity contribution in [3.63, 3.8) is 0 Å². The van der Waals surface area contributed by atoms with E-state index in [0.29, 0.717) is 28.5 Å². The molecule has 0 bridgehead atoms. The normalized spacial score (nSPS) is 13.6. The molecule has 2 N–H and O–H groups in total. The van der Waals surface area contributed by atoms with Gasteiger partial charge in [0.25, 0.3) is 11.8 Å². The summed E-state index contributed by atoms with van der Waals surface area (Å²) < 4.78 is 16.3. The van der Waals surface area contributed by atoms with Gasteiger partial charge in [0.2, 0.25) is 0 Å². The average Bonchev–Trinajstić information content (AvgIpc) is 2.83. The Morgan fingerprint density at radius 2 is 1.84 bits per heavy atom. The summed E-state index contributed by atoms with van der Waals surface area (Å²) in [5.74, 6) is 1.29. The van der Waals surface area contributed by atoms with E-state index >= 15 is 0 Å². The molecule has 7 nitrogen and oxygen atoms in total. The van der Waals surface area contributed by atoms with Gasteiger partial charge in [-0.15, -0.1) is 0 Å². The van der Waals surface area contributed by atoms with Gasteiger partial charge in [0.05, 0.1) is 19.9 Å². The Balaban J connectivity index is 1.47. The van der Waals surface area contributed by atoms with Crippen LogP contribution in [0.15, 0.2) is 72.5 Å². The second-order valence-corrected chi connectivity index (χ2v) is 7.05. The van der Waals surface area contributed by atoms with Crippen LogP contribution in [-0.2, 0) is 11.3 Å². The predicted octanol–water partition coefficient (Wildman–Crippen LogP) is 4.01. The first kappa shape index (κ1) is 21.0. The average molecular weight is 430 g/mol. The Morgan fingerprint density at radius 3 is 2.59 bits per heavy atom. The molecule has 7 heteroatoms. The molecule has 3 aromatic carbocycles. The lowest BCUT2D eigenvalue weighted by Crippen LogP contribution is -2.26. The van der Waals surface area contributed by atoms with Gasteiger partial charge in [-0.05, 0) is 42.0 Å². The number of ether oxygens (including phenoxy) is 3. The molecule has 1 heterocycles. The number of carbonyl (C=O) groups is 2. The maximum Gasteiger partial charge on any atom is 0.291 e. The zero-order valence-corrected chi connectivity index (χ0v) is 17.7. The van der Waals surface area contributed by atoms with Crippen molar-refractivity contribution in [2.45, 2.75) is 6.54 Å². The minimum atomic E-state index is -0.373. The molecule has 0 saturated carbocycles. The Morgan fingerprint density at radius 1 is 1.03 bits per heavy atom. The van der Waals surface area contributed by atoms with Crippen LogP contribution in [0.2, 0.25) is 0 Å². The number of carbonyl (C=O) groups excluding carboxylic acids is 2. The van der Waals surface area contributed by atoms with Crippen LogP contribution in [0, 0.1) is 0 Å². The summed E-state index contributed by atoms with van der Waals surface area (Å²) in [6, 6.07) is 19.7. The van der Waals surface area contributed by atoms with E-state index in [9.17, 15) is 9.59 Å². The fourth-order valence-electron chi connectivity index (χ4n) is 3.28. The SMILES string of the molecule is COc1ccc(CNC(=O)c2ccc3c(c2)NC(=O)C(=Cc2ccccc2)O3)c(OC)c1. The van der Waals surface area contributed by atoms with Crippen LogP contribution in [0.1, 0.15) is 21.5 Å². The van der Waals surface area contributed by atoms with Gasteiger partial charge in [-0.1, -0.05) is 30.3 Å². The molecule has 0 fully saturated rings. The van der Waals surface area contributed by atoms with Gasteiger partial charge in [0, 0.05) is 23.7 Å². The largest absolute Gasteiger partial charge is 0.497 e. The highest BCUT2D eigenvalue weighted by molar-refractivity contribution is 6.09. The van der Waals surface area contributed by atoms with Crippen LogP contribution in [0.25, 0.3) is 6.08 Å². The van der Waals surface area contributed by atoms with E-state index in [2.05, 4.69) is 10.6 Å². The third-order valence-electron chi connectivity index (χ3n) is 4.96. The van der Waals surface area contributed by atoms with Crippen molar-refractivity contribution in [2.75, 3.05) is 19.5 Å². The number of anilines is 1. The lowest BCUT2D eigenvalue weighted by molar-refractivity contribution is -0.115. The summed E-state index contributed by atoms with van der Waals surface area (Å²) in [6.07, 6.45) is 1.67. The molecule has 0 spiro atoms. The van der Waals surface area contributed by atoms with Crippen molar-refractivity contribution >= 4 is 23.6 Å². The van der Waals surface area contributed by atoms with E-state index in [1.165, 1.54) is 0 Å². The van der Waals surface area contributed by atoms with Crippen LogP contribution >= 0.6 is 0 Å². The maximum atomic E-state index is 12.7. The van der Waals surface area contributed by atoms with Gasteiger partial charge in [-0.3, -0.25) is 9.59 Å². The number of hydrogen-bond donors (Lipinski definition) is 2. The second-order valence-electron chi connectivity index (χ2n) is 7.05. The summed E-state index contributed by atoms with van der Waals surface area (Å²) in [7, 11) is 3.14. The fraction of sp³-hybridized carbons (Fsp3) is 0.120. The zero-order chi connectivity index (χ0) is 22.5. The van der Waals surface area contributed by atoms with Crippen molar-refractivity contribution in [1.29, 1.82) is 0 Å². The van der Waals surface area contributed by atoms with Crippen LogP contribution in [0.3, 0.4) is 0 Å². The molecule has 0 saturated heterocycles. The standard InChI is InChI=1S/C25H22N2O5/c1-30-19-10-8-18(22(14-19)31-2)15-26-24(28)17-9-11-21-20(13-17)27-25(29)23(32-21)12-16-6-4-3-5-7-16/h3-14H,15H2,1-2H3,(H,26,28)(H,27,29). The highest BCUT2D eigenvalue weighted by atomic mass is 16.5. The Kier molecular flexibility index (Phi) is 6.07. The lowest BCUT2D eigenvalue weighted by Gasteiger charge is -2.20. The summed E-state index contributed by atoms with van der Waals surface area (Å²) >= 11 is 0. The lowest BCUT2D eigenvalue weighted by atomic mass is 10.1. The van der Waals surface area contributed by atoms with Gasteiger partial charge in [0.1, 0.15) is 11.5 Å².